The van der Waals surface area contributed by atoms with Crippen molar-refractivity contribution in [3.63, 3.8) is 0 Å². The smallest absolute Gasteiger partial charge is 0.248 e. The number of hydrogen-bond acceptors (Lipinski definition) is 7. The molecule has 0 aliphatic carbocycles. The minimum absolute atomic E-state index is 0.120. The van der Waals surface area contributed by atoms with Gasteiger partial charge in [-0.3, -0.25) is 9.78 Å². The Hall–Kier alpha value is -4.37. The van der Waals surface area contributed by atoms with E-state index in [4.69, 9.17) is 15.9 Å². The Labute approximate surface area is 210 Å². The van der Waals surface area contributed by atoms with Crippen LogP contribution in [0.5, 0.6) is 5.75 Å². The molecule has 1 aliphatic heterocycles. The van der Waals surface area contributed by atoms with Gasteiger partial charge in [-0.15, -0.1) is 6.42 Å². The third-order valence-electron chi connectivity index (χ3n) is 5.59. The summed E-state index contributed by atoms with van der Waals surface area (Å²) < 4.78 is 11.6. The van der Waals surface area contributed by atoms with Crippen LogP contribution in [0.25, 0.3) is 10.9 Å². The fraction of sp³-hybridized carbons (Fsp3) is 0.250. The van der Waals surface area contributed by atoms with Crippen molar-refractivity contribution in [2.45, 2.75) is 12.5 Å². The Balaban J connectivity index is 1.78. The third kappa shape index (κ3) is 5.81. The first kappa shape index (κ1) is 24.7. The highest BCUT2D eigenvalue weighted by Gasteiger charge is 2.22. The highest BCUT2D eigenvalue weighted by Crippen LogP contribution is 2.38. The number of anilines is 3. The lowest BCUT2D eigenvalue weighted by Crippen LogP contribution is -2.18. The third-order valence-corrected chi connectivity index (χ3v) is 5.59. The van der Waals surface area contributed by atoms with Crippen molar-refractivity contribution in [3.8, 4) is 24.2 Å². The maximum absolute atomic E-state index is 12.8. The van der Waals surface area contributed by atoms with Gasteiger partial charge in [0.2, 0.25) is 5.91 Å². The highest BCUT2D eigenvalue weighted by atomic mass is 16.5. The molecule has 1 amide bonds. The summed E-state index contributed by atoms with van der Waals surface area (Å²) >= 11 is 0. The van der Waals surface area contributed by atoms with Crippen molar-refractivity contribution >= 4 is 33.9 Å². The summed E-state index contributed by atoms with van der Waals surface area (Å²) in [6, 6.07) is 13.2. The lowest BCUT2D eigenvalue weighted by molar-refractivity contribution is -0.111. The van der Waals surface area contributed by atoms with Crippen LogP contribution in [-0.2, 0) is 9.53 Å². The SMILES string of the molecule is C#Cc1cccc(Nc2c(C#N)cnc3c(NC(=O)/C=C/CN(C)C)c(O[C@H]4CCOC4)ccc23)c1. The summed E-state index contributed by atoms with van der Waals surface area (Å²) in [4.78, 5) is 19.3. The van der Waals surface area contributed by atoms with E-state index in [1.807, 2.05) is 49.3 Å². The number of likely N-dealkylation sites (N-methyl/N-ethyl adjacent to an activating group) is 1. The molecular formula is C28H27N5O3. The molecule has 0 radical (unpaired) electrons. The van der Waals surface area contributed by atoms with E-state index in [0.717, 1.165) is 12.1 Å². The normalized spacial score (nSPS) is 15.1. The summed E-state index contributed by atoms with van der Waals surface area (Å²) in [6.07, 6.45) is 10.9. The van der Waals surface area contributed by atoms with Crippen LogP contribution in [-0.4, -0.2) is 55.7 Å². The number of nitrogens with zero attached hydrogens (tertiary/aromatic N) is 3. The van der Waals surface area contributed by atoms with Gasteiger partial charge in [-0.05, 0) is 44.4 Å². The van der Waals surface area contributed by atoms with Gasteiger partial charge in [0.25, 0.3) is 0 Å². The highest BCUT2D eigenvalue weighted by molar-refractivity contribution is 6.10. The van der Waals surface area contributed by atoms with Crippen molar-refractivity contribution in [1.29, 1.82) is 5.26 Å². The number of rotatable bonds is 8. The number of ether oxygens (including phenoxy) is 2. The van der Waals surface area contributed by atoms with E-state index < -0.39 is 0 Å². The van der Waals surface area contributed by atoms with Gasteiger partial charge in [0, 0.05) is 41.9 Å². The van der Waals surface area contributed by atoms with E-state index in [9.17, 15) is 10.1 Å². The van der Waals surface area contributed by atoms with Gasteiger partial charge in [-0.25, -0.2) is 0 Å². The zero-order valence-corrected chi connectivity index (χ0v) is 20.2. The van der Waals surface area contributed by atoms with Crippen LogP contribution >= 0.6 is 0 Å². The molecule has 8 nitrogen and oxygen atoms in total. The molecular weight excluding hydrogens is 454 g/mol. The van der Waals surface area contributed by atoms with Crippen molar-refractivity contribution in [3.05, 3.63) is 65.9 Å². The molecule has 1 aromatic heterocycles. The Bertz CT molecular complexity index is 1380. The van der Waals surface area contributed by atoms with Crippen LogP contribution < -0.4 is 15.4 Å². The van der Waals surface area contributed by atoms with E-state index in [2.05, 4.69) is 27.6 Å². The van der Waals surface area contributed by atoms with Crippen LogP contribution in [0.1, 0.15) is 17.5 Å². The van der Waals surface area contributed by atoms with Gasteiger partial charge < -0.3 is 25.0 Å². The quantitative estimate of drug-likeness (QED) is 0.370. The molecule has 36 heavy (non-hydrogen) atoms. The molecule has 182 valence electrons. The largest absolute Gasteiger partial charge is 0.486 e. The lowest BCUT2D eigenvalue weighted by Gasteiger charge is -2.19. The van der Waals surface area contributed by atoms with Crippen molar-refractivity contribution < 1.29 is 14.3 Å². The Morgan fingerprint density at radius 1 is 1.33 bits per heavy atom. The summed E-state index contributed by atoms with van der Waals surface area (Å²) in [5.74, 6) is 2.80. The first-order valence-corrected chi connectivity index (χ1v) is 11.5. The Morgan fingerprint density at radius 3 is 2.92 bits per heavy atom. The number of carbonyl (C=O) groups excluding carboxylic acids is 1. The number of pyridine rings is 1. The standard InChI is InChI=1S/C28H27N5O3/c1-4-19-7-5-8-21(15-19)31-26-20(16-29)17-30-27-23(26)10-11-24(36-22-12-14-35-18-22)28(27)32-25(34)9-6-13-33(2)3/h1,5-11,15,17,22H,12-14,18H2,2-3H3,(H,30,31)(H,32,34)/b9-6+/t22-/m0/s1. The van der Waals surface area contributed by atoms with Crippen LogP contribution in [0.15, 0.2) is 54.7 Å². The topological polar surface area (TPSA) is 99.5 Å². The number of nitrogens with one attached hydrogen (secondary N) is 2. The van der Waals surface area contributed by atoms with Gasteiger partial charge in [0.15, 0.2) is 0 Å². The van der Waals surface area contributed by atoms with Crippen LogP contribution in [0.2, 0.25) is 0 Å². The monoisotopic (exact) mass is 481 g/mol. The zero-order valence-electron chi connectivity index (χ0n) is 20.2. The zero-order chi connectivity index (χ0) is 25.5. The van der Waals surface area contributed by atoms with Crippen LogP contribution in [0.3, 0.4) is 0 Å². The molecule has 8 heteroatoms. The summed E-state index contributed by atoms with van der Waals surface area (Å²) in [5.41, 5.74) is 3.29. The van der Waals surface area contributed by atoms with Crippen molar-refractivity contribution in [2.24, 2.45) is 0 Å². The molecule has 0 bridgehead atoms. The maximum atomic E-state index is 12.8. The number of fused-ring (bicyclic) bond motifs is 1. The fourth-order valence-electron chi connectivity index (χ4n) is 3.84. The van der Waals surface area contributed by atoms with Gasteiger partial charge in [-0.1, -0.05) is 18.1 Å². The number of nitriles is 1. The van der Waals surface area contributed by atoms with Crippen molar-refractivity contribution in [1.82, 2.24) is 9.88 Å². The van der Waals surface area contributed by atoms with Crippen LogP contribution in [0.4, 0.5) is 17.1 Å². The average Bonchev–Trinajstić information content (AvgIpc) is 3.38. The number of carbonyl (C=O) groups is 1. The summed E-state index contributed by atoms with van der Waals surface area (Å²) in [6.45, 7) is 1.73. The van der Waals surface area contributed by atoms with Gasteiger partial charge in [0.1, 0.15) is 23.6 Å². The molecule has 1 fully saturated rings. The number of benzene rings is 2. The maximum Gasteiger partial charge on any atom is 0.248 e. The second kappa shape index (κ2) is 11.4. The molecule has 2 heterocycles. The van der Waals surface area contributed by atoms with Crippen LogP contribution in [0, 0.1) is 23.7 Å². The van der Waals surface area contributed by atoms with E-state index in [1.54, 1.807) is 12.1 Å². The predicted molar refractivity (Wildman–Crippen MR) is 140 cm³/mol. The Kier molecular flexibility index (Phi) is 7.82. The minimum atomic E-state index is -0.306. The number of aromatic nitrogens is 1. The first-order chi connectivity index (χ1) is 17.5. The Morgan fingerprint density at radius 2 is 2.19 bits per heavy atom. The molecule has 3 aromatic rings. The van der Waals surface area contributed by atoms with E-state index in [0.29, 0.717) is 58.9 Å². The molecule has 2 N–H and O–H groups in total. The summed E-state index contributed by atoms with van der Waals surface area (Å²) in [5, 5.41) is 16.7. The number of terminal acetylenes is 1. The fourth-order valence-corrected chi connectivity index (χ4v) is 3.84. The average molecular weight is 482 g/mol. The molecule has 1 atom stereocenters. The first-order valence-electron chi connectivity index (χ1n) is 11.5. The second-order valence-electron chi connectivity index (χ2n) is 8.60. The molecule has 1 aliphatic rings. The van der Waals surface area contributed by atoms with Crippen molar-refractivity contribution in [2.75, 3.05) is 44.5 Å². The molecule has 0 spiro atoms. The van der Waals surface area contributed by atoms with E-state index in [1.165, 1.54) is 12.3 Å². The summed E-state index contributed by atoms with van der Waals surface area (Å²) in [7, 11) is 3.85. The lowest BCUT2D eigenvalue weighted by atomic mass is 10.1. The number of hydrogen-bond donors (Lipinski definition) is 2. The van der Waals surface area contributed by atoms with Gasteiger partial charge >= 0.3 is 0 Å². The molecule has 2 aromatic carbocycles. The van der Waals surface area contributed by atoms with Gasteiger partial charge in [-0.2, -0.15) is 5.26 Å². The second-order valence-corrected chi connectivity index (χ2v) is 8.60. The van der Waals surface area contributed by atoms with E-state index in [-0.39, 0.29) is 12.0 Å². The number of amides is 1. The molecule has 1 saturated heterocycles. The van der Waals surface area contributed by atoms with E-state index >= 15 is 0 Å². The molecule has 0 unspecified atom stereocenters. The minimum Gasteiger partial charge on any atom is -0.486 e. The molecule has 4 rings (SSSR count). The predicted octanol–water partition coefficient (Wildman–Crippen LogP) is 4.06. The van der Waals surface area contributed by atoms with Gasteiger partial charge in [0.05, 0.1) is 30.0 Å². The molecule has 0 saturated carbocycles.